The number of aromatic nitrogens is 1. The van der Waals surface area contributed by atoms with E-state index in [1.54, 1.807) is 19.2 Å². The molecule has 0 aliphatic carbocycles. The van der Waals surface area contributed by atoms with Crippen molar-refractivity contribution in [3.05, 3.63) is 53.7 Å². The number of pyridine rings is 1. The molecule has 2 rings (SSSR count). The first kappa shape index (κ1) is 12.6. The number of rotatable bonds is 3. The van der Waals surface area contributed by atoms with Crippen molar-refractivity contribution in [2.75, 3.05) is 7.05 Å². The van der Waals surface area contributed by atoms with Crippen LogP contribution in [0.2, 0.25) is 0 Å². The molecule has 3 nitrogen and oxygen atoms in total. The fourth-order valence-electron chi connectivity index (χ4n) is 1.64. The molecule has 0 aliphatic rings. The molecule has 2 heterocycles. The fraction of sp³-hybridized carbons (Fsp3) is 0.250. The molecule has 0 aromatic carbocycles. The average molecular weight is 256 g/mol. The van der Waals surface area contributed by atoms with Crippen molar-refractivity contribution in [3.63, 3.8) is 0 Å². The minimum absolute atomic E-state index is 0.359. The van der Waals surface area contributed by atoms with E-state index in [2.05, 4.69) is 10.3 Å². The molecule has 96 valence electrons. The Morgan fingerprint density at radius 3 is 2.50 bits per heavy atom. The number of nitrogens with one attached hydrogen (secondary N) is 1. The molecule has 1 N–H and O–H groups in total. The molecule has 0 bridgehead atoms. The van der Waals surface area contributed by atoms with Gasteiger partial charge in [-0.2, -0.15) is 13.2 Å². The van der Waals surface area contributed by atoms with E-state index in [4.69, 9.17) is 4.42 Å². The van der Waals surface area contributed by atoms with Crippen molar-refractivity contribution in [2.24, 2.45) is 0 Å². The van der Waals surface area contributed by atoms with Crippen LogP contribution in [0.4, 0.5) is 13.2 Å². The number of hydrogen-bond donors (Lipinski definition) is 1. The Hall–Kier alpha value is -1.82. The van der Waals surface area contributed by atoms with Crippen LogP contribution >= 0.6 is 0 Å². The molecule has 1 unspecified atom stereocenters. The summed E-state index contributed by atoms with van der Waals surface area (Å²) in [6.07, 6.45) is -2.04. The van der Waals surface area contributed by atoms with Crippen molar-refractivity contribution in [3.8, 4) is 0 Å². The van der Waals surface area contributed by atoms with E-state index in [1.807, 2.05) is 0 Å². The first-order chi connectivity index (χ1) is 8.52. The van der Waals surface area contributed by atoms with Gasteiger partial charge in [0.25, 0.3) is 0 Å². The molecule has 1 atom stereocenters. The zero-order valence-electron chi connectivity index (χ0n) is 9.53. The van der Waals surface area contributed by atoms with E-state index in [0.29, 0.717) is 11.5 Å². The lowest BCUT2D eigenvalue weighted by Gasteiger charge is -2.14. The minimum Gasteiger partial charge on any atom is -0.467 e. The van der Waals surface area contributed by atoms with Gasteiger partial charge < -0.3 is 9.73 Å². The highest BCUT2D eigenvalue weighted by Crippen LogP contribution is 2.29. The minimum atomic E-state index is -4.37. The largest absolute Gasteiger partial charge is 0.467 e. The van der Waals surface area contributed by atoms with E-state index in [0.717, 1.165) is 12.3 Å². The summed E-state index contributed by atoms with van der Waals surface area (Å²) < 4.78 is 42.4. The zero-order chi connectivity index (χ0) is 13.2. The number of alkyl halides is 3. The zero-order valence-corrected chi connectivity index (χ0v) is 9.53. The predicted octanol–water partition coefficient (Wildman–Crippen LogP) is 3.00. The third kappa shape index (κ3) is 2.53. The van der Waals surface area contributed by atoms with Crippen LogP contribution in [-0.4, -0.2) is 12.0 Å². The van der Waals surface area contributed by atoms with Gasteiger partial charge in [0, 0.05) is 6.20 Å². The molecule has 2 aromatic heterocycles. The second-order valence-electron chi connectivity index (χ2n) is 3.71. The summed E-state index contributed by atoms with van der Waals surface area (Å²) in [7, 11) is 1.69. The van der Waals surface area contributed by atoms with Crippen LogP contribution in [0.5, 0.6) is 0 Å². The summed E-state index contributed by atoms with van der Waals surface area (Å²) in [6.45, 7) is 0. The van der Waals surface area contributed by atoms with Crippen LogP contribution < -0.4 is 5.32 Å². The van der Waals surface area contributed by atoms with Gasteiger partial charge in [0.15, 0.2) is 0 Å². The fourth-order valence-corrected chi connectivity index (χ4v) is 1.64. The summed E-state index contributed by atoms with van der Waals surface area (Å²) in [4.78, 5) is 3.83. The topological polar surface area (TPSA) is 38.1 Å². The second-order valence-corrected chi connectivity index (χ2v) is 3.71. The molecular formula is C12H11F3N2O. The van der Waals surface area contributed by atoms with Crippen LogP contribution in [0.3, 0.4) is 0 Å². The summed E-state index contributed by atoms with van der Waals surface area (Å²) in [6, 6.07) is 5.44. The van der Waals surface area contributed by atoms with E-state index in [1.165, 1.54) is 12.3 Å². The van der Waals surface area contributed by atoms with E-state index < -0.39 is 11.7 Å². The Balaban J connectivity index is 2.28. The highest BCUT2D eigenvalue weighted by molar-refractivity contribution is 5.24. The van der Waals surface area contributed by atoms with Gasteiger partial charge in [-0.1, -0.05) is 0 Å². The molecule has 0 saturated heterocycles. The van der Waals surface area contributed by atoms with Crippen LogP contribution in [0.1, 0.15) is 23.1 Å². The van der Waals surface area contributed by atoms with Gasteiger partial charge in [-0.05, 0) is 31.3 Å². The van der Waals surface area contributed by atoms with Gasteiger partial charge in [-0.3, -0.25) is 4.98 Å². The van der Waals surface area contributed by atoms with Crippen molar-refractivity contribution in [2.45, 2.75) is 12.2 Å². The van der Waals surface area contributed by atoms with Crippen molar-refractivity contribution >= 4 is 0 Å². The molecule has 18 heavy (non-hydrogen) atoms. The van der Waals surface area contributed by atoms with Gasteiger partial charge in [0.05, 0.1) is 17.5 Å². The Bertz CT molecular complexity index is 491. The number of halogens is 3. The summed E-state index contributed by atoms with van der Waals surface area (Å²) in [5.74, 6) is 0.602. The lowest BCUT2D eigenvalue weighted by Crippen LogP contribution is -2.18. The van der Waals surface area contributed by atoms with Crippen LogP contribution in [0, 0.1) is 0 Å². The second kappa shape index (κ2) is 4.81. The van der Waals surface area contributed by atoms with Gasteiger partial charge in [0.1, 0.15) is 11.8 Å². The lowest BCUT2D eigenvalue weighted by atomic mass is 10.1. The lowest BCUT2D eigenvalue weighted by molar-refractivity contribution is -0.137. The molecule has 6 heteroatoms. The molecule has 0 spiro atoms. The van der Waals surface area contributed by atoms with Crippen molar-refractivity contribution in [1.82, 2.24) is 10.3 Å². The Kier molecular flexibility index (Phi) is 3.38. The summed E-state index contributed by atoms with van der Waals surface area (Å²) >= 11 is 0. The van der Waals surface area contributed by atoms with Gasteiger partial charge in [0.2, 0.25) is 0 Å². The first-order valence-electron chi connectivity index (χ1n) is 5.26. The smallest absolute Gasteiger partial charge is 0.417 e. The van der Waals surface area contributed by atoms with Crippen LogP contribution in [-0.2, 0) is 6.18 Å². The quantitative estimate of drug-likeness (QED) is 0.917. The molecule has 0 aliphatic heterocycles. The first-order valence-corrected chi connectivity index (χ1v) is 5.26. The maximum Gasteiger partial charge on any atom is 0.417 e. The van der Waals surface area contributed by atoms with Gasteiger partial charge in [-0.25, -0.2) is 0 Å². The molecule has 0 radical (unpaired) electrons. The van der Waals surface area contributed by atoms with E-state index in [-0.39, 0.29) is 6.04 Å². The van der Waals surface area contributed by atoms with Crippen molar-refractivity contribution in [1.29, 1.82) is 0 Å². The SMILES string of the molecule is CNC(c1ccc(C(F)(F)F)cn1)c1ccco1. The summed E-state index contributed by atoms with van der Waals surface area (Å²) in [5.41, 5.74) is -0.291. The highest BCUT2D eigenvalue weighted by atomic mass is 19.4. The summed E-state index contributed by atoms with van der Waals surface area (Å²) in [5, 5.41) is 2.94. The molecule has 0 saturated carbocycles. The molecule has 0 amide bonds. The standard InChI is InChI=1S/C12H11F3N2O/c1-16-11(10-3-2-6-18-10)9-5-4-8(7-17-9)12(13,14)15/h2-7,11,16H,1H3. The number of nitrogens with zero attached hydrogens (tertiary/aromatic N) is 1. The molecular weight excluding hydrogens is 245 g/mol. The van der Waals surface area contributed by atoms with E-state index in [9.17, 15) is 13.2 Å². The monoisotopic (exact) mass is 256 g/mol. The van der Waals surface area contributed by atoms with Gasteiger partial charge in [-0.15, -0.1) is 0 Å². The Morgan fingerprint density at radius 2 is 2.06 bits per heavy atom. The number of furan rings is 1. The van der Waals surface area contributed by atoms with E-state index >= 15 is 0 Å². The average Bonchev–Trinajstić information content (AvgIpc) is 2.83. The van der Waals surface area contributed by atoms with Crippen LogP contribution in [0.25, 0.3) is 0 Å². The predicted molar refractivity (Wildman–Crippen MR) is 58.8 cm³/mol. The third-order valence-electron chi connectivity index (χ3n) is 2.53. The third-order valence-corrected chi connectivity index (χ3v) is 2.53. The molecule has 0 fully saturated rings. The van der Waals surface area contributed by atoms with Crippen LogP contribution in [0.15, 0.2) is 41.1 Å². The maximum atomic E-state index is 12.4. The Labute approximate surface area is 102 Å². The number of hydrogen-bond acceptors (Lipinski definition) is 3. The maximum absolute atomic E-state index is 12.4. The van der Waals surface area contributed by atoms with Crippen molar-refractivity contribution < 1.29 is 17.6 Å². The highest BCUT2D eigenvalue weighted by Gasteiger charge is 2.31. The normalized spacial score (nSPS) is 13.6. The van der Waals surface area contributed by atoms with Gasteiger partial charge >= 0.3 is 6.18 Å². The Morgan fingerprint density at radius 1 is 1.28 bits per heavy atom. The molecule has 2 aromatic rings.